The minimum atomic E-state index is 0.117. The molecule has 0 fully saturated rings. The van der Waals surface area contributed by atoms with Crippen molar-refractivity contribution in [3.05, 3.63) is 47.2 Å². The summed E-state index contributed by atoms with van der Waals surface area (Å²) in [5, 5.41) is 2.46. The van der Waals surface area contributed by atoms with E-state index in [2.05, 4.69) is 16.0 Å². The zero-order chi connectivity index (χ0) is 13.0. The van der Waals surface area contributed by atoms with Crippen LogP contribution in [0.2, 0.25) is 5.02 Å². The van der Waals surface area contributed by atoms with Crippen LogP contribution in [0, 0.1) is 0 Å². The topological polar surface area (TPSA) is 51.8 Å². The Morgan fingerprint density at radius 1 is 1.33 bits per heavy atom. The van der Waals surface area contributed by atoms with Crippen LogP contribution in [0.4, 0.5) is 0 Å². The zero-order valence-corrected chi connectivity index (χ0v) is 11.6. The van der Waals surface area contributed by atoms with Crippen LogP contribution in [0.15, 0.2) is 46.7 Å². The highest BCUT2D eigenvalue weighted by Gasteiger charge is 2.08. The highest BCUT2D eigenvalue weighted by atomic mass is 35.5. The number of hydrogen-bond acceptors (Lipinski definition) is 4. The molecule has 1 unspecified atom stereocenters. The Morgan fingerprint density at radius 2 is 2.17 bits per heavy atom. The molecule has 0 aliphatic rings. The summed E-state index contributed by atoms with van der Waals surface area (Å²) in [4.78, 5) is 8.64. The fraction of sp³-hybridized carbons (Fsp3) is 0.231. The third-order valence-corrected chi connectivity index (χ3v) is 3.53. The quantitative estimate of drug-likeness (QED) is 0.934. The fourth-order valence-electron chi connectivity index (χ4n) is 1.54. The predicted molar refractivity (Wildman–Crippen MR) is 75.0 cm³/mol. The molecule has 1 atom stereocenters. The third-order valence-electron chi connectivity index (χ3n) is 2.29. The molecule has 94 valence electrons. The number of nitrogens with zero attached hydrogens (tertiary/aromatic N) is 2. The van der Waals surface area contributed by atoms with Gasteiger partial charge in [-0.3, -0.25) is 0 Å². The van der Waals surface area contributed by atoms with Crippen molar-refractivity contribution in [1.29, 1.82) is 0 Å². The molecule has 0 bridgehead atoms. The van der Waals surface area contributed by atoms with Crippen LogP contribution >= 0.6 is 23.4 Å². The molecule has 3 nitrogen and oxygen atoms in total. The van der Waals surface area contributed by atoms with E-state index >= 15 is 0 Å². The van der Waals surface area contributed by atoms with Crippen molar-refractivity contribution in [3.63, 3.8) is 0 Å². The summed E-state index contributed by atoms with van der Waals surface area (Å²) in [6.45, 7) is 1.99. The molecule has 18 heavy (non-hydrogen) atoms. The number of halogens is 1. The number of nitrogens with two attached hydrogens (primary N) is 1. The Bertz CT molecular complexity index is 514. The van der Waals surface area contributed by atoms with Crippen LogP contribution in [0.5, 0.6) is 0 Å². The van der Waals surface area contributed by atoms with Gasteiger partial charge in [0.2, 0.25) is 0 Å². The molecule has 0 radical (unpaired) electrons. The van der Waals surface area contributed by atoms with Crippen LogP contribution in [0.1, 0.15) is 12.5 Å². The van der Waals surface area contributed by atoms with E-state index in [9.17, 15) is 0 Å². The molecule has 5 heteroatoms. The van der Waals surface area contributed by atoms with Crippen molar-refractivity contribution in [2.45, 2.75) is 29.4 Å². The van der Waals surface area contributed by atoms with Gasteiger partial charge in [-0.2, -0.15) is 0 Å². The number of rotatable bonds is 4. The van der Waals surface area contributed by atoms with E-state index in [0.717, 1.165) is 22.0 Å². The fourth-order valence-corrected chi connectivity index (χ4v) is 2.49. The molecule has 2 aromatic heterocycles. The lowest BCUT2D eigenvalue weighted by atomic mass is 10.1. The first-order valence-corrected chi connectivity index (χ1v) is 6.83. The average Bonchev–Trinajstić information content (AvgIpc) is 2.34. The van der Waals surface area contributed by atoms with E-state index in [-0.39, 0.29) is 6.04 Å². The van der Waals surface area contributed by atoms with E-state index in [1.807, 2.05) is 25.1 Å². The number of aromatic nitrogens is 2. The van der Waals surface area contributed by atoms with Crippen molar-refractivity contribution in [2.75, 3.05) is 0 Å². The molecule has 2 heterocycles. The van der Waals surface area contributed by atoms with Gasteiger partial charge in [0.25, 0.3) is 0 Å². The second kappa shape index (κ2) is 6.18. The SMILES string of the molecule is CC(N)Cc1cccnc1Sc1ccc(Cl)cn1. The van der Waals surface area contributed by atoms with Crippen LogP contribution in [0.25, 0.3) is 0 Å². The van der Waals surface area contributed by atoms with E-state index < -0.39 is 0 Å². The van der Waals surface area contributed by atoms with Gasteiger partial charge in [-0.1, -0.05) is 17.7 Å². The van der Waals surface area contributed by atoms with Gasteiger partial charge in [-0.15, -0.1) is 0 Å². The van der Waals surface area contributed by atoms with Gasteiger partial charge in [0.15, 0.2) is 0 Å². The maximum Gasteiger partial charge on any atom is 0.105 e. The molecule has 0 spiro atoms. The Balaban J connectivity index is 2.20. The van der Waals surface area contributed by atoms with Gasteiger partial charge in [0.05, 0.1) is 5.02 Å². The first kappa shape index (κ1) is 13.3. The average molecular weight is 280 g/mol. The highest BCUT2D eigenvalue weighted by molar-refractivity contribution is 7.99. The van der Waals surface area contributed by atoms with Crippen LogP contribution in [-0.4, -0.2) is 16.0 Å². The van der Waals surface area contributed by atoms with Crippen molar-refractivity contribution in [3.8, 4) is 0 Å². The maximum absolute atomic E-state index is 5.84. The minimum Gasteiger partial charge on any atom is -0.328 e. The van der Waals surface area contributed by atoms with E-state index in [0.29, 0.717) is 5.02 Å². The van der Waals surface area contributed by atoms with E-state index in [4.69, 9.17) is 17.3 Å². The summed E-state index contributed by atoms with van der Waals surface area (Å²) in [5.41, 5.74) is 6.98. The van der Waals surface area contributed by atoms with Crippen LogP contribution < -0.4 is 5.73 Å². The maximum atomic E-state index is 5.84. The summed E-state index contributed by atoms with van der Waals surface area (Å²) >= 11 is 7.34. The van der Waals surface area contributed by atoms with Crippen LogP contribution in [-0.2, 0) is 6.42 Å². The van der Waals surface area contributed by atoms with E-state index in [1.165, 1.54) is 11.8 Å². The van der Waals surface area contributed by atoms with Gasteiger partial charge in [-0.05, 0) is 48.9 Å². The lowest BCUT2D eigenvalue weighted by molar-refractivity contribution is 0.722. The van der Waals surface area contributed by atoms with Crippen molar-refractivity contribution < 1.29 is 0 Å². The lowest BCUT2D eigenvalue weighted by Gasteiger charge is -2.09. The molecule has 2 N–H and O–H groups in total. The molecule has 0 aliphatic carbocycles. The Morgan fingerprint density at radius 3 is 2.83 bits per heavy atom. The summed E-state index contributed by atoms with van der Waals surface area (Å²) in [6, 6.07) is 7.81. The molecule has 2 rings (SSSR count). The first-order valence-electron chi connectivity index (χ1n) is 5.64. The van der Waals surface area contributed by atoms with E-state index in [1.54, 1.807) is 12.4 Å². The summed E-state index contributed by atoms with van der Waals surface area (Å²) in [6.07, 6.45) is 4.23. The summed E-state index contributed by atoms with van der Waals surface area (Å²) in [7, 11) is 0. The van der Waals surface area contributed by atoms with Gasteiger partial charge in [-0.25, -0.2) is 9.97 Å². The molecule has 0 saturated carbocycles. The lowest BCUT2D eigenvalue weighted by Crippen LogP contribution is -2.18. The normalized spacial score (nSPS) is 12.4. The van der Waals surface area contributed by atoms with Gasteiger partial charge in [0, 0.05) is 18.4 Å². The Labute approximate surface area is 116 Å². The standard InChI is InChI=1S/C13H14ClN3S/c1-9(15)7-10-3-2-6-16-13(10)18-12-5-4-11(14)8-17-12/h2-6,8-9H,7,15H2,1H3. The van der Waals surface area contributed by atoms with Crippen molar-refractivity contribution >= 4 is 23.4 Å². The zero-order valence-electron chi connectivity index (χ0n) is 10.0. The molecular formula is C13H14ClN3S. The molecule has 0 saturated heterocycles. The molecule has 0 aromatic carbocycles. The largest absolute Gasteiger partial charge is 0.328 e. The van der Waals surface area contributed by atoms with Crippen LogP contribution in [0.3, 0.4) is 0 Å². The number of pyridine rings is 2. The number of hydrogen-bond donors (Lipinski definition) is 1. The summed E-state index contributed by atoms with van der Waals surface area (Å²) < 4.78 is 0. The monoisotopic (exact) mass is 279 g/mol. The van der Waals surface area contributed by atoms with Gasteiger partial charge < -0.3 is 5.73 Å². The highest BCUT2D eigenvalue weighted by Crippen LogP contribution is 2.28. The smallest absolute Gasteiger partial charge is 0.105 e. The van der Waals surface area contributed by atoms with Gasteiger partial charge >= 0.3 is 0 Å². The molecule has 2 aromatic rings. The van der Waals surface area contributed by atoms with Crippen molar-refractivity contribution in [1.82, 2.24) is 9.97 Å². The van der Waals surface area contributed by atoms with Gasteiger partial charge in [0.1, 0.15) is 10.1 Å². The third kappa shape index (κ3) is 3.70. The Hall–Kier alpha value is -1.10. The minimum absolute atomic E-state index is 0.117. The first-order chi connectivity index (χ1) is 8.65. The second-order valence-electron chi connectivity index (χ2n) is 4.07. The second-order valence-corrected chi connectivity index (χ2v) is 5.51. The Kier molecular flexibility index (Phi) is 4.58. The summed E-state index contributed by atoms with van der Waals surface area (Å²) in [5.74, 6) is 0. The predicted octanol–water partition coefficient (Wildman–Crippen LogP) is 3.17. The van der Waals surface area contributed by atoms with Crippen molar-refractivity contribution in [2.24, 2.45) is 5.73 Å². The molecule has 0 amide bonds. The molecular weight excluding hydrogens is 266 g/mol. The molecule has 0 aliphatic heterocycles.